The molecule has 160 valence electrons. The van der Waals surface area contributed by atoms with E-state index in [1.54, 1.807) is 6.33 Å². The number of aromatic nitrogens is 2. The van der Waals surface area contributed by atoms with Crippen molar-refractivity contribution >= 4 is 22.8 Å². The predicted molar refractivity (Wildman–Crippen MR) is 124 cm³/mol. The maximum atomic E-state index is 13.1. The number of hydrogen-bond acceptors (Lipinski definition) is 3. The molecule has 1 N–H and O–H groups in total. The molecule has 2 amide bonds. The molecule has 32 heavy (non-hydrogen) atoms. The van der Waals surface area contributed by atoms with Crippen LogP contribution in [0.1, 0.15) is 27.1 Å². The number of imidazole rings is 1. The summed E-state index contributed by atoms with van der Waals surface area (Å²) in [6, 6.07) is 23.4. The molecule has 5 rings (SSSR count). The first kappa shape index (κ1) is 20.0. The third kappa shape index (κ3) is 3.99. The van der Waals surface area contributed by atoms with Crippen LogP contribution in [0.4, 0.5) is 0 Å². The molecule has 3 aromatic carbocycles. The normalized spacial score (nSPS) is 14.4. The topological polar surface area (TPSA) is 69.3 Å². The highest BCUT2D eigenvalue weighted by atomic mass is 16.2. The number of rotatable bonds is 3. The van der Waals surface area contributed by atoms with Gasteiger partial charge in [-0.2, -0.15) is 0 Å². The van der Waals surface area contributed by atoms with Gasteiger partial charge in [-0.05, 0) is 47.9 Å². The summed E-state index contributed by atoms with van der Waals surface area (Å²) in [4.78, 5) is 37.0. The zero-order valence-electron chi connectivity index (χ0n) is 17.7. The molecule has 0 aliphatic carbocycles. The quantitative estimate of drug-likeness (QED) is 0.535. The Morgan fingerprint density at radius 3 is 2.06 bits per heavy atom. The Bertz CT molecular complexity index is 1250. The van der Waals surface area contributed by atoms with E-state index in [0.29, 0.717) is 37.3 Å². The van der Waals surface area contributed by atoms with Gasteiger partial charge in [0.2, 0.25) is 0 Å². The van der Waals surface area contributed by atoms with E-state index in [2.05, 4.69) is 22.1 Å². The Morgan fingerprint density at radius 2 is 1.34 bits per heavy atom. The van der Waals surface area contributed by atoms with E-state index in [-0.39, 0.29) is 11.8 Å². The maximum Gasteiger partial charge on any atom is 0.253 e. The minimum absolute atomic E-state index is 0.0111. The summed E-state index contributed by atoms with van der Waals surface area (Å²) in [5.74, 6) is 0.000744. The molecule has 2 heterocycles. The second-order valence-electron chi connectivity index (χ2n) is 8.02. The highest BCUT2D eigenvalue weighted by Crippen LogP contribution is 2.20. The summed E-state index contributed by atoms with van der Waals surface area (Å²) in [6.07, 6.45) is 2.38. The summed E-state index contributed by atoms with van der Waals surface area (Å²) in [5.41, 5.74) is 5.22. The van der Waals surface area contributed by atoms with Gasteiger partial charge in [0, 0.05) is 37.3 Å². The smallest absolute Gasteiger partial charge is 0.253 e. The lowest BCUT2D eigenvalue weighted by Gasteiger charge is -2.22. The van der Waals surface area contributed by atoms with E-state index in [9.17, 15) is 9.59 Å². The van der Waals surface area contributed by atoms with Crippen molar-refractivity contribution in [3.05, 3.63) is 90.3 Å². The van der Waals surface area contributed by atoms with Crippen molar-refractivity contribution in [1.29, 1.82) is 0 Å². The van der Waals surface area contributed by atoms with Crippen LogP contribution in [0.5, 0.6) is 0 Å². The number of carbonyl (C=O) groups is 2. The number of fused-ring (bicyclic) bond motifs is 1. The van der Waals surface area contributed by atoms with Crippen LogP contribution in [0, 0.1) is 0 Å². The number of carbonyl (C=O) groups excluding carboxylic acids is 2. The lowest BCUT2D eigenvalue weighted by molar-refractivity contribution is 0.0719. The molecular weight excluding hydrogens is 400 g/mol. The van der Waals surface area contributed by atoms with Crippen molar-refractivity contribution in [3.63, 3.8) is 0 Å². The van der Waals surface area contributed by atoms with E-state index in [0.717, 1.165) is 28.6 Å². The van der Waals surface area contributed by atoms with Gasteiger partial charge in [-0.15, -0.1) is 0 Å². The summed E-state index contributed by atoms with van der Waals surface area (Å²) in [6.45, 7) is 2.32. The number of amides is 2. The molecule has 0 radical (unpaired) electrons. The number of nitrogens with one attached hydrogen (secondary N) is 1. The van der Waals surface area contributed by atoms with E-state index >= 15 is 0 Å². The fourth-order valence-electron chi connectivity index (χ4n) is 4.19. The number of H-pyrrole nitrogens is 1. The Hall–Kier alpha value is -3.93. The summed E-state index contributed by atoms with van der Waals surface area (Å²) < 4.78 is 0. The van der Waals surface area contributed by atoms with Crippen LogP contribution in [-0.2, 0) is 0 Å². The Balaban J connectivity index is 1.25. The molecular formula is C26H24N4O2. The Morgan fingerprint density at radius 1 is 0.719 bits per heavy atom. The average molecular weight is 425 g/mol. The van der Waals surface area contributed by atoms with Crippen molar-refractivity contribution in [2.75, 3.05) is 26.2 Å². The molecule has 0 bridgehead atoms. The second kappa shape index (κ2) is 8.67. The first-order valence-electron chi connectivity index (χ1n) is 10.9. The number of aromatic amines is 1. The van der Waals surface area contributed by atoms with Gasteiger partial charge in [-0.3, -0.25) is 9.59 Å². The first-order chi connectivity index (χ1) is 15.7. The van der Waals surface area contributed by atoms with Crippen LogP contribution < -0.4 is 0 Å². The molecule has 0 unspecified atom stereocenters. The van der Waals surface area contributed by atoms with Crippen molar-refractivity contribution in [3.8, 4) is 11.1 Å². The zero-order valence-corrected chi connectivity index (χ0v) is 17.7. The third-order valence-corrected chi connectivity index (χ3v) is 5.98. The minimum Gasteiger partial charge on any atom is -0.345 e. The summed E-state index contributed by atoms with van der Waals surface area (Å²) >= 11 is 0. The summed E-state index contributed by atoms with van der Waals surface area (Å²) in [5, 5.41) is 0. The lowest BCUT2D eigenvalue weighted by Crippen LogP contribution is -2.37. The predicted octanol–water partition coefficient (Wildman–Crippen LogP) is 4.22. The van der Waals surface area contributed by atoms with Crippen molar-refractivity contribution in [1.82, 2.24) is 19.8 Å². The standard InChI is InChI=1S/C26H24N4O2/c31-25(21-9-7-20(8-10-21)19-5-2-1-3-6-19)29-13-4-14-30(16-15-29)26(32)22-11-12-23-24(17-22)28-18-27-23/h1-3,5-12,17-18H,4,13-16H2,(H,27,28). The van der Waals surface area contributed by atoms with Crippen LogP contribution in [0.25, 0.3) is 22.2 Å². The molecule has 0 spiro atoms. The van der Waals surface area contributed by atoms with E-state index in [1.807, 2.05) is 70.5 Å². The van der Waals surface area contributed by atoms with Gasteiger partial charge in [0.1, 0.15) is 0 Å². The number of hydrogen-bond donors (Lipinski definition) is 1. The fourth-order valence-corrected chi connectivity index (χ4v) is 4.19. The van der Waals surface area contributed by atoms with Gasteiger partial charge < -0.3 is 14.8 Å². The van der Waals surface area contributed by atoms with E-state index in [4.69, 9.17) is 0 Å². The average Bonchev–Trinajstić information content (AvgIpc) is 3.19. The van der Waals surface area contributed by atoms with Gasteiger partial charge in [-0.25, -0.2) is 4.98 Å². The van der Waals surface area contributed by atoms with Crippen LogP contribution in [-0.4, -0.2) is 57.8 Å². The SMILES string of the molecule is O=C(c1ccc(-c2ccccc2)cc1)N1CCCN(C(=O)c2ccc3nc[nH]c3c2)CC1. The molecule has 0 saturated carbocycles. The fraction of sp³-hybridized carbons (Fsp3) is 0.192. The Labute approximate surface area is 186 Å². The molecule has 4 aromatic rings. The monoisotopic (exact) mass is 424 g/mol. The molecule has 1 aliphatic rings. The van der Waals surface area contributed by atoms with Gasteiger partial charge in [-0.1, -0.05) is 42.5 Å². The molecule has 0 atom stereocenters. The van der Waals surface area contributed by atoms with Crippen molar-refractivity contribution in [2.24, 2.45) is 0 Å². The molecule has 1 aliphatic heterocycles. The number of benzene rings is 3. The molecule has 6 nitrogen and oxygen atoms in total. The number of nitrogens with zero attached hydrogens (tertiary/aromatic N) is 3. The van der Waals surface area contributed by atoms with E-state index in [1.165, 1.54) is 0 Å². The van der Waals surface area contributed by atoms with Gasteiger partial charge in [0.25, 0.3) is 11.8 Å². The molecule has 1 saturated heterocycles. The minimum atomic E-state index is -0.0111. The van der Waals surface area contributed by atoms with Crippen molar-refractivity contribution < 1.29 is 9.59 Å². The second-order valence-corrected chi connectivity index (χ2v) is 8.02. The largest absolute Gasteiger partial charge is 0.345 e. The highest BCUT2D eigenvalue weighted by Gasteiger charge is 2.24. The highest BCUT2D eigenvalue weighted by molar-refractivity contribution is 5.98. The summed E-state index contributed by atoms with van der Waals surface area (Å²) in [7, 11) is 0. The third-order valence-electron chi connectivity index (χ3n) is 5.98. The van der Waals surface area contributed by atoms with Crippen LogP contribution in [0.2, 0.25) is 0 Å². The van der Waals surface area contributed by atoms with Crippen LogP contribution in [0.3, 0.4) is 0 Å². The lowest BCUT2D eigenvalue weighted by atomic mass is 10.0. The van der Waals surface area contributed by atoms with Crippen molar-refractivity contribution in [2.45, 2.75) is 6.42 Å². The molecule has 6 heteroatoms. The van der Waals surface area contributed by atoms with Gasteiger partial charge >= 0.3 is 0 Å². The Kier molecular flexibility index (Phi) is 5.42. The first-order valence-corrected chi connectivity index (χ1v) is 10.9. The van der Waals surface area contributed by atoms with Crippen LogP contribution in [0.15, 0.2) is 79.1 Å². The molecule has 1 fully saturated rings. The van der Waals surface area contributed by atoms with Gasteiger partial charge in [0.15, 0.2) is 0 Å². The maximum absolute atomic E-state index is 13.1. The zero-order chi connectivity index (χ0) is 21.9. The van der Waals surface area contributed by atoms with Crippen LogP contribution >= 0.6 is 0 Å². The van der Waals surface area contributed by atoms with E-state index < -0.39 is 0 Å². The van der Waals surface area contributed by atoms with Gasteiger partial charge in [0.05, 0.1) is 17.4 Å². The molecule has 1 aromatic heterocycles.